The number of imidazole rings is 2. The van der Waals surface area contributed by atoms with Crippen molar-refractivity contribution in [1.29, 1.82) is 0 Å². The van der Waals surface area contributed by atoms with Gasteiger partial charge in [-0.25, -0.2) is 33.9 Å². The van der Waals surface area contributed by atoms with E-state index in [1.807, 2.05) is 0 Å². The quantitative estimate of drug-likeness (QED) is 0.194. The number of phosphoric ester groups is 1. The van der Waals surface area contributed by atoms with Gasteiger partial charge in [-0.1, -0.05) is 11.8 Å². The van der Waals surface area contributed by atoms with E-state index >= 15 is 4.39 Å². The van der Waals surface area contributed by atoms with Crippen molar-refractivity contribution >= 4 is 60.2 Å². The standard InChI is InChI=1S/C21H24FN9O10P2S/c22-11-15-10(39-20(11)30-6-28-12-8(23)1-2-25-18(12)30)4-37-43(35,44)41-16-14(32)9(3-36-42(33,34)40-15)38-21(16)31-7-29-13-17(24)26-5-27-19(13)31/h1-2,5-7,9-11,14-16,20-21,32H,3-4H2,(H2,23,25)(H,33,34)(H,35,44)(H2,24,26,27)/p-1/t9-,10-,11+,14?,15?,16+,20-,21-,43?/m1/s1. The van der Waals surface area contributed by atoms with Crippen molar-refractivity contribution in [1.82, 2.24) is 34.1 Å². The van der Waals surface area contributed by atoms with Gasteiger partial charge in [0.2, 0.25) is 0 Å². The molecule has 23 heteroatoms. The zero-order valence-corrected chi connectivity index (χ0v) is 24.7. The van der Waals surface area contributed by atoms with Crippen molar-refractivity contribution in [2.75, 3.05) is 24.7 Å². The molecule has 0 spiro atoms. The monoisotopic (exact) mass is 674 g/mol. The number of anilines is 2. The average molecular weight is 674 g/mol. The van der Waals surface area contributed by atoms with Crippen molar-refractivity contribution in [2.45, 2.75) is 49.1 Å². The highest BCUT2D eigenvalue weighted by atomic mass is 32.5. The lowest BCUT2D eigenvalue weighted by atomic mass is 10.1. The number of aromatic nitrogens is 7. The summed E-state index contributed by atoms with van der Waals surface area (Å²) in [5, 5.41) is 11.0. The molecule has 2 bridgehead atoms. The Balaban J connectivity index is 1.20. The fourth-order valence-corrected chi connectivity index (χ4v) is 7.62. The van der Waals surface area contributed by atoms with Crippen molar-refractivity contribution in [3.8, 4) is 0 Å². The molecule has 4 unspecified atom stereocenters. The highest BCUT2D eigenvalue weighted by Crippen LogP contribution is 2.53. The van der Waals surface area contributed by atoms with Crippen LogP contribution in [0.4, 0.5) is 15.9 Å². The molecular weight excluding hydrogens is 651 g/mol. The molecule has 0 amide bonds. The number of nitrogen functional groups attached to an aromatic ring is 2. The zero-order chi connectivity index (χ0) is 31.0. The van der Waals surface area contributed by atoms with E-state index in [0.717, 1.165) is 0 Å². The van der Waals surface area contributed by atoms with E-state index in [2.05, 4.69) is 24.9 Å². The third-order valence-electron chi connectivity index (χ3n) is 7.31. The Morgan fingerprint density at radius 3 is 2.43 bits per heavy atom. The summed E-state index contributed by atoms with van der Waals surface area (Å²) >= 11 is 5.10. The number of nitrogens with zero attached hydrogens (tertiary/aromatic N) is 7. The van der Waals surface area contributed by atoms with Crippen LogP contribution in [-0.2, 0) is 43.9 Å². The first-order valence-corrected chi connectivity index (χ1v) is 16.9. The Bertz CT molecular complexity index is 1830. The molecule has 3 fully saturated rings. The van der Waals surface area contributed by atoms with Gasteiger partial charge in [-0.3, -0.25) is 18.2 Å². The van der Waals surface area contributed by atoms with Crippen LogP contribution in [0.5, 0.6) is 0 Å². The second-order valence-electron chi connectivity index (χ2n) is 10.0. The van der Waals surface area contributed by atoms with Crippen LogP contribution in [0.1, 0.15) is 12.5 Å². The van der Waals surface area contributed by atoms with Gasteiger partial charge in [-0.2, -0.15) is 0 Å². The van der Waals surface area contributed by atoms with Gasteiger partial charge in [0.25, 0.3) is 0 Å². The van der Waals surface area contributed by atoms with Gasteiger partial charge in [0.15, 0.2) is 35.7 Å². The highest BCUT2D eigenvalue weighted by molar-refractivity contribution is 8.06. The van der Waals surface area contributed by atoms with E-state index in [1.165, 1.54) is 40.4 Å². The molecule has 3 aliphatic rings. The number of hydrogen-bond acceptors (Lipinski definition) is 17. The maximum atomic E-state index is 15.9. The number of rotatable bonds is 2. The third-order valence-corrected chi connectivity index (χ3v) is 9.84. The number of hydrogen-bond donors (Lipinski definition) is 4. The number of fused-ring (bicyclic) bond motifs is 5. The van der Waals surface area contributed by atoms with E-state index < -0.39 is 76.9 Å². The summed E-state index contributed by atoms with van der Waals surface area (Å²) in [6, 6.07) is 1.51. The van der Waals surface area contributed by atoms with Crippen molar-refractivity contribution < 1.29 is 51.4 Å². The van der Waals surface area contributed by atoms with Crippen LogP contribution in [0.3, 0.4) is 0 Å². The lowest BCUT2D eigenvalue weighted by Crippen LogP contribution is -2.36. The van der Waals surface area contributed by atoms with Crippen LogP contribution in [0.2, 0.25) is 0 Å². The molecular formula is C21H23FN9O10P2S-. The number of halogens is 1. The first-order valence-electron chi connectivity index (χ1n) is 12.9. The molecule has 3 aliphatic heterocycles. The Hall–Kier alpha value is -2.78. The lowest BCUT2D eigenvalue weighted by Gasteiger charge is -2.34. The smallest absolute Gasteiger partial charge is 0.472 e. The van der Waals surface area contributed by atoms with E-state index in [0.29, 0.717) is 0 Å². The number of alkyl halides is 1. The topological polar surface area (TPSA) is 262 Å². The van der Waals surface area contributed by atoms with Crippen LogP contribution in [0.15, 0.2) is 31.2 Å². The Morgan fingerprint density at radius 1 is 0.955 bits per heavy atom. The molecule has 0 aliphatic carbocycles. The Labute approximate surface area is 250 Å². The summed E-state index contributed by atoms with van der Waals surface area (Å²) in [7, 11) is -5.05. The summed E-state index contributed by atoms with van der Waals surface area (Å²) in [6.45, 7) is -5.96. The number of nitrogens with two attached hydrogens (primary N) is 2. The molecule has 0 radical (unpaired) electrons. The molecule has 4 aromatic rings. The van der Waals surface area contributed by atoms with Crippen LogP contribution < -0.4 is 16.4 Å². The van der Waals surface area contributed by atoms with Gasteiger partial charge in [0, 0.05) is 6.20 Å². The molecule has 3 saturated heterocycles. The highest BCUT2D eigenvalue weighted by Gasteiger charge is 2.53. The summed E-state index contributed by atoms with van der Waals surface area (Å²) in [4.78, 5) is 44.4. The van der Waals surface area contributed by atoms with Crippen LogP contribution >= 0.6 is 14.5 Å². The minimum atomic E-state index is -5.05. The molecule has 0 aromatic carbocycles. The van der Waals surface area contributed by atoms with Gasteiger partial charge in [-0.05, 0) is 6.07 Å². The number of ether oxygens (including phenoxy) is 2. The number of phosphoric acid groups is 1. The van der Waals surface area contributed by atoms with Gasteiger partial charge >= 0.3 is 7.82 Å². The normalized spacial score (nSPS) is 38.3. The first-order chi connectivity index (χ1) is 20.9. The van der Waals surface area contributed by atoms with E-state index in [-0.39, 0.29) is 33.8 Å². The molecule has 0 saturated carbocycles. The second-order valence-corrected chi connectivity index (χ2v) is 14.1. The number of pyridine rings is 1. The van der Waals surface area contributed by atoms with Crippen molar-refractivity contribution in [2.24, 2.45) is 0 Å². The number of aliphatic hydroxyl groups is 1. The van der Waals surface area contributed by atoms with Crippen LogP contribution in [-0.4, -0.2) is 94.0 Å². The maximum Gasteiger partial charge on any atom is 0.472 e. The first kappa shape index (κ1) is 29.9. The second kappa shape index (κ2) is 10.9. The summed E-state index contributed by atoms with van der Waals surface area (Å²) in [6.07, 6.45) is -7.55. The van der Waals surface area contributed by atoms with E-state index in [4.69, 9.17) is 50.8 Å². The molecule has 6 N–H and O–H groups in total. The molecule has 4 aromatic heterocycles. The van der Waals surface area contributed by atoms with Gasteiger partial charge in [0.05, 0.1) is 31.6 Å². The van der Waals surface area contributed by atoms with Crippen LogP contribution in [0, 0.1) is 0 Å². The zero-order valence-electron chi connectivity index (χ0n) is 22.0. The molecule has 7 heterocycles. The fraction of sp³-hybridized carbons (Fsp3) is 0.476. The SMILES string of the molecule is Nc1ccnc2c1ncn2[C@@H]1O[C@@H]2COP([O-])(=S)O[C@H]3C(O)[C@@H](COP(=O)(O)OC2[C@@H]1F)O[C@H]3n1cnc2c(N)ncnc21. The van der Waals surface area contributed by atoms with Gasteiger partial charge in [0.1, 0.15) is 54.6 Å². The predicted octanol–water partition coefficient (Wildman–Crippen LogP) is -0.568. The van der Waals surface area contributed by atoms with E-state index in [9.17, 15) is 19.5 Å². The third kappa shape index (κ3) is 5.17. The summed E-state index contributed by atoms with van der Waals surface area (Å²) < 4.78 is 64.5. The fourth-order valence-electron chi connectivity index (χ4n) is 5.26. The van der Waals surface area contributed by atoms with Crippen LogP contribution in [0.25, 0.3) is 22.3 Å². The largest absolute Gasteiger partial charge is 0.780 e. The minimum absolute atomic E-state index is 0.0564. The molecule has 44 heavy (non-hydrogen) atoms. The number of aliphatic hydroxyl groups excluding tert-OH is 1. The van der Waals surface area contributed by atoms with Gasteiger partial charge in [-0.15, -0.1) is 0 Å². The average Bonchev–Trinajstić information content (AvgIpc) is 3.73. The molecule has 19 nitrogen and oxygen atoms in total. The van der Waals surface area contributed by atoms with Gasteiger partial charge < -0.3 is 44.9 Å². The van der Waals surface area contributed by atoms with E-state index in [1.54, 1.807) is 0 Å². The summed E-state index contributed by atoms with van der Waals surface area (Å²) in [5.41, 5.74) is 12.9. The predicted molar refractivity (Wildman–Crippen MR) is 146 cm³/mol. The molecule has 7 rings (SSSR count). The van der Waals surface area contributed by atoms with Crippen molar-refractivity contribution in [3.63, 3.8) is 0 Å². The molecule has 10 atom stereocenters. The maximum absolute atomic E-state index is 15.9. The molecule has 236 valence electrons. The Morgan fingerprint density at radius 2 is 1.64 bits per heavy atom. The summed E-state index contributed by atoms with van der Waals surface area (Å²) in [5.74, 6) is 0.0564. The lowest BCUT2D eigenvalue weighted by molar-refractivity contribution is -0.218. The minimum Gasteiger partial charge on any atom is -0.780 e. The Kier molecular flexibility index (Phi) is 7.43. The van der Waals surface area contributed by atoms with Crippen molar-refractivity contribution in [3.05, 3.63) is 31.2 Å².